The molecule has 3 nitrogen and oxygen atoms in total. The summed E-state index contributed by atoms with van der Waals surface area (Å²) in [7, 11) is -5.61. The van der Waals surface area contributed by atoms with E-state index in [0.29, 0.717) is 0 Å². The van der Waals surface area contributed by atoms with Crippen molar-refractivity contribution >= 4 is 51.0 Å². The summed E-state index contributed by atoms with van der Waals surface area (Å²) in [5.41, 5.74) is -5.49. The number of hydrogen-bond acceptors (Lipinski definition) is 2. The summed E-state index contributed by atoms with van der Waals surface area (Å²) in [6.45, 7) is 0. The number of alkyl halides is 6. The fourth-order valence-corrected chi connectivity index (χ4v) is 0.925. The Kier molecular flexibility index (Phi) is 3.88. The highest BCUT2D eigenvalue weighted by atomic mass is 35.6. The van der Waals surface area contributed by atoms with Gasteiger partial charge < -0.3 is 0 Å². The first-order chi connectivity index (χ1) is 5.46. The molecule has 0 fully saturated rings. The van der Waals surface area contributed by atoms with Crippen LogP contribution in [-0.4, -0.2) is 23.9 Å². The van der Waals surface area contributed by atoms with E-state index in [4.69, 9.17) is 34.8 Å². The van der Waals surface area contributed by atoms with Gasteiger partial charge in [0, 0.05) is 0 Å². The molecule has 0 aliphatic carbocycles. The molecular weight excluding hydrogens is 277 g/mol. The van der Waals surface area contributed by atoms with E-state index < -0.39 is 19.3 Å². The lowest BCUT2D eigenvalue weighted by molar-refractivity contribution is -0.0435. The van der Waals surface area contributed by atoms with Crippen molar-refractivity contribution in [2.45, 2.75) is 9.30 Å². The molecule has 0 unspecified atom stereocenters. The second-order valence-corrected chi connectivity index (χ2v) is 5.69. The molecular formula is C3HCl3F3NO2S. The van der Waals surface area contributed by atoms with Crippen LogP contribution in [0.3, 0.4) is 0 Å². The highest BCUT2D eigenvalue weighted by Crippen LogP contribution is 2.27. The minimum atomic E-state index is -5.61. The SMILES string of the molecule is O=S(=O)(N=CC(Cl)(Cl)Cl)C(F)(F)F. The van der Waals surface area contributed by atoms with E-state index in [1.165, 1.54) is 0 Å². The van der Waals surface area contributed by atoms with Crippen molar-refractivity contribution in [3.8, 4) is 0 Å². The van der Waals surface area contributed by atoms with Crippen LogP contribution in [0, 0.1) is 0 Å². The maximum atomic E-state index is 11.6. The first-order valence-corrected chi connectivity index (χ1v) is 4.97. The smallest absolute Gasteiger partial charge is 0.195 e. The molecule has 78 valence electrons. The van der Waals surface area contributed by atoms with Crippen molar-refractivity contribution in [2.24, 2.45) is 4.40 Å². The van der Waals surface area contributed by atoms with Gasteiger partial charge in [-0.15, -0.1) is 0 Å². The monoisotopic (exact) mass is 277 g/mol. The van der Waals surface area contributed by atoms with E-state index >= 15 is 0 Å². The molecule has 0 bridgehead atoms. The van der Waals surface area contributed by atoms with Gasteiger partial charge in [-0.25, -0.2) is 0 Å². The molecule has 0 aliphatic heterocycles. The summed E-state index contributed by atoms with van der Waals surface area (Å²) < 4.78 is 55.0. The van der Waals surface area contributed by atoms with Gasteiger partial charge in [0.1, 0.15) is 0 Å². The molecule has 0 N–H and O–H groups in total. The first-order valence-electron chi connectivity index (χ1n) is 2.40. The Morgan fingerprint density at radius 3 is 1.77 bits per heavy atom. The number of halogens is 6. The van der Waals surface area contributed by atoms with Crippen LogP contribution in [0.4, 0.5) is 13.2 Å². The molecule has 0 saturated heterocycles. The number of rotatable bonds is 1. The molecule has 10 heteroatoms. The standard InChI is InChI=1S/C3HCl3F3NO2S/c4-2(5,6)1-10-13(11,12)3(7,8)9/h1H. The first kappa shape index (κ1) is 13.3. The Labute approximate surface area is 86.5 Å². The van der Waals surface area contributed by atoms with E-state index in [2.05, 4.69) is 4.40 Å². The summed E-state index contributed by atoms with van der Waals surface area (Å²) >= 11 is 14.8. The average Bonchev–Trinajstić information content (AvgIpc) is 1.79. The Bertz CT molecular complexity index is 303. The van der Waals surface area contributed by atoms with E-state index in [1.807, 2.05) is 0 Å². The largest absolute Gasteiger partial charge is 0.518 e. The zero-order valence-corrected chi connectivity index (χ0v) is 8.60. The molecule has 0 rings (SSSR count). The van der Waals surface area contributed by atoms with Crippen LogP contribution in [0.15, 0.2) is 4.40 Å². The Balaban J connectivity index is 4.85. The predicted octanol–water partition coefficient (Wildman–Crippen LogP) is 2.28. The van der Waals surface area contributed by atoms with E-state index in [1.54, 1.807) is 0 Å². The minimum absolute atomic E-state index is 0.0560. The van der Waals surface area contributed by atoms with Crippen LogP contribution in [0.2, 0.25) is 0 Å². The van der Waals surface area contributed by atoms with Crippen molar-refractivity contribution in [1.82, 2.24) is 0 Å². The molecule has 0 aliphatic rings. The molecule has 0 amide bonds. The summed E-state index contributed by atoms with van der Waals surface area (Å²) in [4.78, 5) is 0. The second kappa shape index (κ2) is 3.80. The van der Waals surface area contributed by atoms with Gasteiger partial charge in [0.25, 0.3) is 0 Å². The van der Waals surface area contributed by atoms with E-state index in [-0.39, 0.29) is 6.21 Å². The number of hydrogen-bond donors (Lipinski definition) is 0. The maximum absolute atomic E-state index is 11.6. The lowest BCUT2D eigenvalue weighted by atomic mass is 10.9. The molecule has 0 atom stereocenters. The topological polar surface area (TPSA) is 46.5 Å². The number of nitrogens with zero attached hydrogens (tertiary/aromatic N) is 1. The van der Waals surface area contributed by atoms with Gasteiger partial charge >= 0.3 is 15.5 Å². The lowest BCUT2D eigenvalue weighted by Crippen LogP contribution is -2.22. The van der Waals surface area contributed by atoms with Crippen molar-refractivity contribution in [3.63, 3.8) is 0 Å². The minimum Gasteiger partial charge on any atom is -0.195 e. The van der Waals surface area contributed by atoms with Crippen molar-refractivity contribution in [2.75, 3.05) is 0 Å². The Hall–Kier alpha value is 0.280. The van der Waals surface area contributed by atoms with Gasteiger partial charge in [0.15, 0.2) is 0 Å². The molecule has 0 heterocycles. The third-order valence-corrected chi connectivity index (χ3v) is 1.89. The van der Waals surface area contributed by atoms with Crippen LogP contribution in [-0.2, 0) is 10.0 Å². The van der Waals surface area contributed by atoms with Gasteiger partial charge in [0.05, 0.1) is 6.21 Å². The van der Waals surface area contributed by atoms with E-state index in [9.17, 15) is 21.6 Å². The third-order valence-electron chi connectivity index (χ3n) is 0.630. The molecule has 0 aromatic carbocycles. The summed E-state index contributed by atoms with van der Waals surface area (Å²) in [6.07, 6.45) is 0.0560. The normalized spacial score (nSPS) is 15.2. The van der Waals surface area contributed by atoms with Crippen molar-refractivity contribution in [3.05, 3.63) is 0 Å². The van der Waals surface area contributed by atoms with Gasteiger partial charge in [-0.05, 0) is 0 Å². The Morgan fingerprint density at radius 1 is 1.15 bits per heavy atom. The fraction of sp³-hybridized carbons (Fsp3) is 0.667. The van der Waals surface area contributed by atoms with E-state index in [0.717, 1.165) is 0 Å². The lowest BCUT2D eigenvalue weighted by Gasteiger charge is -2.04. The highest BCUT2D eigenvalue weighted by Gasteiger charge is 2.46. The predicted molar refractivity (Wildman–Crippen MR) is 43.8 cm³/mol. The van der Waals surface area contributed by atoms with Gasteiger partial charge in [0.2, 0.25) is 3.79 Å². The molecule has 0 aromatic heterocycles. The Morgan fingerprint density at radius 2 is 1.54 bits per heavy atom. The zero-order valence-electron chi connectivity index (χ0n) is 5.52. The quantitative estimate of drug-likeness (QED) is 0.546. The zero-order chi connectivity index (χ0) is 10.9. The maximum Gasteiger partial charge on any atom is 0.518 e. The molecule has 0 saturated carbocycles. The highest BCUT2D eigenvalue weighted by molar-refractivity contribution is 7.91. The van der Waals surface area contributed by atoms with Crippen LogP contribution < -0.4 is 0 Å². The van der Waals surface area contributed by atoms with Crippen LogP contribution in [0.5, 0.6) is 0 Å². The average molecular weight is 278 g/mol. The summed E-state index contributed by atoms with van der Waals surface area (Å²) in [5, 5.41) is 0. The van der Waals surface area contributed by atoms with Crippen molar-refractivity contribution in [1.29, 1.82) is 0 Å². The molecule has 0 spiro atoms. The molecule has 0 radical (unpaired) electrons. The number of sulfonamides is 1. The summed E-state index contributed by atoms with van der Waals surface area (Å²) in [5.74, 6) is 0. The van der Waals surface area contributed by atoms with Crippen LogP contribution >= 0.6 is 34.8 Å². The third kappa shape index (κ3) is 4.90. The molecule has 0 aromatic rings. The van der Waals surface area contributed by atoms with Crippen molar-refractivity contribution < 1.29 is 21.6 Å². The van der Waals surface area contributed by atoms with Gasteiger partial charge in [-0.1, -0.05) is 34.8 Å². The van der Waals surface area contributed by atoms with Gasteiger partial charge in [-0.3, -0.25) is 0 Å². The fourth-order valence-electron chi connectivity index (χ4n) is 0.189. The molecule has 13 heavy (non-hydrogen) atoms. The second-order valence-electron chi connectivity index (χ2n) is 1.70. The van der Waals surface area contributed by atoms with Crippen LogP contribution in [0.1, 0.15) is 0 Å². The van der Waals surface area contributed by atoms with Crippen LogP contribution in [0.25, 0.3) is 0 Å². The van der Waals surface area contributed by atoms with Gasteiger partial charge in [-0.2, -0.15) is 26.0 Å². The summed E-state index contributed by atoms with van der Waals surface area (Å²) in [6, 6.07) is 0.